The van der Waals surface area contributed by atoms with Gasteiger partial charge in [0.2, 0.25) is 5.39 Å². The van der Waals surface area contributed by atoms with E-state index in [-0.39, 0.29) is 5.75 Å². The second kappa shape index (κ2) is 4.77. The molecule has 0 aromatic rings. The summed E-state index contributed by atoms with van der Waals surface area (Å²) in [6, 6.07) is 0. The number of esters is 1. The van der Waals surface area contributed by atoms with Gasteiger partial charge in [-0.3, -0.25) is 0 Å². The molecule has 0 aliphatic rings. The van der Waals surface area contributed by atoms with Gasteiger partial charge < -0.3 is 4.74 Å². The number of carbonyl (C=O) groups is 1. The second-order valence-corrected chi connectivity index (χ2v) is 4.01. The minimum absolute atomic E-state index is 0.250. The molecule has 0 spiro atoms. The maximum Gasteiger partial charge on any atom is 0.399 e. The summed E-state index contributed by atoms with van der Waals surface area (Å²) in [5.41, 5.74) is -1.07. The maximum atomic E-state index is 10.8. The molecule has 6 nitrogen and oxygen atoms in total. The molecule has 13 heavy (non-hydrogen) atoms. The normalized spacial score (nSPS) is 10.9. The molecule has 0 bridgehead atoms. The van der Waals surface area contributed by atoms with E-state index in [0.29, 0.717) is 0 Å². The van der Waals surface area contributed by atoms with Crippen LogP contribution in [-0.2, 0) is 20.2 Å². The van der Waals surface area contributed by atoms with Crippen LogP contribution in [0, 0.1) is 5.39 Å². The Labute approximate surface area is 77.5 Å². The van der Waals surface area contributed by atoms with Crippen LogP contribution in [0.15, 0.2) is 0 Å². The van der Waals surface area contributed by atoms with Gasteiger partial charge in [0.1, 0.15) is 21.3 Å². The zero-order valence-corrected chi connectivity index (χ0v) is 8.28. The van der Waals surface area contributed by atoms with Crippen molar-refractivity contribution in [2.24, 2.45) is 0 Å². The van der Waals surface area contributed by atoms with Crippen LogP contribution < -0.4 is 0 Å². The van der Waals surface area contributed by atoms with Crippen LogP contribution in [0.4, 0.5) is 0 Å². The third kappa shape index (κ3) is 6.04. The predicted molar refractivity (Wildman–Crippen MR) is 45.3 cm³/mol. The van der Waals surface area contributed by atoms with Crippen LogP contribution >= 0.6 is 0 Å². The Morgan fingerprint density at radius 2 is 2.08 bits per heavy atom. The van der Waals surface area contributed by atoms with E-state index < -0.39 is 28.8 Å². The average molecular weight is 207 g/mol. The third-order valence-corrected chi connectivity index (χ3v) is 2.12. The summed E-state index contributed by atoms with van der Waals surface area (Å²) in [6.07, 6.45) is 0. The van der Waals surface area contributed by atoms with Gasteiger partial charge in [0.25, 0.3) is 0 Å². The first kappa shape index (κ1) is 11.8. The SMILES string of the molecule is CC(C)(C[SH](=O)=O)OC(=O)C[N+]#N. The molecular formula is C6H11N2O4S+. The molecule has 0 aromatic heterocycles. The van der Waals surface area contributed by atoms with E-state index in [4.69, 9.17) is 10.1 Å². The quantitative estimate of drug-likeness (QED) is 0.391. The van der Waals surface area contributed by atoms with Crippen molar-refractivity contribution in [3.05, 3.63) is 4.98 Å². The lowest BCUT2D eigenvalue weighted by molar-refractivity contribution is -0.151. The second-order valence-electron chi connectivity index (χ2n) is 3.02. The van der Waals surface area contributed by atoms with Gasteiger partial charge >= 0.3 is 12.5 Å². The van der Waals surface area contributed by atoms with Crippen molar-refractivity contribution in [2.75, 3.05) is 12.3 Å². The first-order valence-electron chi connectivity index (χ1n) is 3.52. The van der Waals surface area contributed by atoms with Gasteiger partial charge in [0.15, 0.2) is 0 Å². The van der Waals surface area contributed by atoms with Gasteiger partial charge in [-0.2, -0.15) is 0 Å². The van der Waals surface area contributed by atoms with Crippen molar-refractivity contribution in [2.45, 2.75) is 19.4 Å². The molecule has 0 heterocycles. The standard InChI is InChI=1S/C6H11N2O4S/c1-6(2,4-13(10)11)12-5(9)3-8-7/h13H,3-4H2,1-2H3/q+1. The minimum atomic E-state index is -2.60. The summed E-state index contributed by atoms with van der Waals surface area (Å²) in [4.78, 5) is 13.3. The third-order valence-electron chi connectivity index (χ3n) is 1.10. The highest BCUT2D eigenvalue weighted by molar-refractivity contribution is 7.72. The van der Waals surface area contributed by atoms with E-state index in [9.17, 15) is 13.2 Å². The van der Waals surface area contributed by atoms with E-state index in [1.165, 1.54) is 13.8 Å². The van der Waals surface area contributed by atoms with E-state index in [1.54, 1.807) is 0 Å². The number of hydrogen-bond acceptors (Lipinski definition) is 5. The summed E-state index contributed by atoms with van der Waals surface area (Å²) in [7, 11) is -2.60. The van der Waals surface area contributed by atoms with Gasteiger partial charge in [-0.05, 0) is 13.8 Å². The van der Waals surface area contributed by atoms with Gasteiger partial charge in [0.05, 0.1) is 5.75 Å². The fourth-order valence-electron chi connectivity index (χ4n) is 0.741. The van der Waals surface area contributed by atoms with Gasteiger partial charge in [-0.1, -0.05) is 0 Å². The van der Waals surface area contributed by atoms with Crippen LogP contribution in [0.1, 0.15) is 13.8 Å². The van der Waals surface area contributed by atoms with Crippen LogP contribution in [0.25, 0.3) is 4.98 Å². The van der Waals surface area contributed by atoms with Crippen LogP contribution in [-0.4, -0.2) is 32.3 Å². The van der Waals surface area contributed by atoms with Crippen molar-refractivity contribution in [1.82, 2.24) is 0 Å². The number of carbonyl (C=O) groups excluding carboxylic acids is 1. The Morgan fingerprint density at radius 3 is 2.46 bits per heavy atom. The van der Waals surface area contributed by atoms with Crippen molar-refractivity contribution in [3.8, 4) is 0 Å². The molecule has 0 aliphatic carbocycles. The fourth-order valence-corrected chi connectivity index (χ4v) is 1.43. The Kier molecular flexibility index (Phi) is 4.34. The number of hydrogen-bond donors (Lipinski definition) is 1. The van der Waals surface area contributed by atoms with Crippen molar-refractivity contribution in [1.29, 1.82) is 5.39 Å². The zero-order valence-electron chi connectivity index (χ0n) is 7.39. The number of nitrogens with zero attached hydrogens (tertiary/aromatic N) is 2. The lowest BCUT2D eigenvalue weighted by Crippen LogP contribution is -2.33. The average Bonchev–Trinajstić information content (AvgIpc) is 1.81. The highest BCUT2D eigenvalue weighted by atomic mass is 32.2. The monoisotopic (exact) mass is 207 g/mol. The molecular weight excluding hydrogens is 196 g/mol. The Morgan fingerprint density at radius 1 is 1.54 bits per heavy atom. The number of ether oxygens (including phenoxy) is 1. The van der Waals surface area contributed by atoms with Crippen LogP contribution in [0.3, 0.4) is 0 Å². The van der Waals surface area contributed by atoms with Crippen LogP contribution in [0.5, 0.6) is 0 Å². The molecule has 0 amide bonds. The predicted octanol–water partition coefficient (Wildman–Crippen LogP) is -0.227. The number of thiol groups is 1. The fraction of sp³-hybridized carbons (Fsp3) is 0.833. The number of rotatable bonds is 4. The summed E-state index contributed by atoms with van der Waals surface area (Å²) in [6.45, 7) is 2.44. The Bertz CT molecular complexity index is 294. The van der Waals surface area contributed by atoms with Gasteiger partial charge in [-0.15, -0.1) is 0 Å². The molecule has 0 atom stereocenters. The van der Waals surface area contributed by atoms with Gasteiger partial charge in [-0.25, -0.2) is 13.2 Å². The Balaban J connectivity index is 4.17. The first-order chi connectivity index (χ1) is 5.87. The molecule has 0 saturated heterocycles. The van der Waals surface area contributed by atoms with Crippen molar-refractivity contribution >= 4 is 16.7 Å². The maximum absolute atomic E-state index is 10.8. The number of diazo groups is 1. The highest BCUT2D eigenvalue weighted by Crippen LogP contribution is 2.09. The Hall–Kier alpha value is -1.16. The summed E-state index contributed by atoms with van der Waals surface area (Å²) in [5, 5.41) is 8.02. The zero-order chi connectivity index (χ0) is 10.5. The molecule has 0 aromatic carbocycles. The molecule has 0 N–H and O–H groups in total. The van der Waals surface area contributed by atoms with E-state index in [2.05, 4.69) is 4.98 Å². The summed E-state index contributed by atoms with van der Waals surface area (Å²) < 4.78 is 25.4. The lowest BCUT2D eigenvalue weighted by Gasteiger charge is -2.20. The lowest BCUT2D eigenvalue weighted by atomic mass is 10.2. The van der Waals surface area contributed by atoms with E-state index in [1.807, 2.05) is 0 Å². The molecule has 0 radical (unpaired) electrons. The molecule has 0 unspecified atom stereocenters. The topological polar surface area (TPSA) is 88.6 Å². The molecule has 0 aliphatic heterocycles. The summed E-state index contributed by atoms with van der Waals surface area (Å²) in [5.74, 6) is -1.01. The molecule has 7 heteroatoms. The molecule has 0 saturated carbocycles. The minimum Gasteiger partial charge on any atom is -0.453 e. The van der Waals surface area contributed by atoms with Crippen molar-refractivity contribution in [3.63, 3.8) is 0 Å². The summed E-state index contributed by atoms with van der Waals surface area (Å²) >= 11 is 0. The van der Waals surface area contributed by atoms with Crippen molar-refractivity contribution < 1.29 is 17.9 Å². The highest BCUT2D eigenvalue weighted by Gasteiger charge is 2.26. The molecule has 74 valence electrons. The van der Waals surface area contributed by atoms with E-state index >= 15 is 0 Å². The van der Waals surface area contributed by atoms with Gasteiger partial charge in [0, 0.05) is 0 Å². The van der Waals surface area contributed by atoms with E-state index in [0.717, 1.165) is 0 Å². The molecule has 0 fully saturated rings. The van der Waals surface area contributed by atoms with Crippen LogP contribution in [0.2, 0.25) is 0 Å². The smallest absolute Gasteiger partial charge is 0.399 e. The largest absolute Gasteiger partial charge is 0.453 e. The first-order valence-corrected chi connectivity index (χ1v) is 4.88. The molecule has 0 rings (SSSR count).